The second-order valence-corrected chi connectivity index (χ2v) is 5.64. The number of nitrogens with one attached hydrogen (secondary N) is 1. The van der Waals surface area contributed by atoms with E-state index in [1.165, 1.54) is 29.1 Å². The Labute approximate surface area is 95.6 Å². The summed E-state index contributed by atoms with van der Waals surface area (Å²) in [5.74, 6) is 2.16. The van der Waals surface area contributed by atoms with Crippen molar-refractivity contribution in [3.8, 4) is 0 Å². The van der Waals surface area contributed by atoms with Crippen LogP contribution in [0.4, 0.5) is 0 Å². The van der Waals surface area contributed by atoms with Gasteiger partial charge in [0.15, 0.2) is 0 Å². The van der Waals surface area contributed by atoms with Crippen LogP contribution in [0, 0.1) is 5.92 Å². The first-order chi connectivity index (χ1) is 7.38. The minimum absolute atomic E-state index is 0.604. The predicted molar refractivity (Wildman–Crippen MR) is 65.2 cm³/mol. The zero-order valence-electron chi connectivity index (χ0n) is 9.07. The Morgan fingerprint density at radius 3 is 3.07 bits per heavy atom. The fourth-order valence-corrected chi connectivity index (χ4v) is 3.64. The minimum atomic E-state index is 0.604. The van der Waals surface area contributed by atoms with Gasteiger partial charge in [-0.25, -0.2) is 0 Å². The van der Waals surface area contributed by atoms with Crippen molar-refractivity contribution < 1.29 is 0 Å². The smallest absolute Gasteiger partial charge is 0.0428 e. The van der Waals surface area contributed by atoms with Crippen LogP contribution in [0.25, 0.3) is 0 Å². The molecule has 0 bridgehead atoms. The average molecular weight is 219 g/mol. The zero-order chi connectivity index (χ0) is 10.3. The van der Waals surface area contributed by atoms with Crippen molar-refractivity contribution in [2.24, 2.45) is 5.92 Å². The van der Waals surface area contributed by atoms with Crippen molar-refractivity contribution in [1.82, 2.24) is 5.32 Å². The summed E-state index contributed by atoms with van der Waals surface area (Å²) < 4.78 is 0. The Morgan fingerprint density at radius 2 is 2.27 bits per heavy atom. The van der Waals surface area contributed by atoms with Gasteiger partial charge in [0.05, 0.1) is 0 Å². The molecule has 80 valence electrons. The third-order valence-electron chi connectivity index (χ3n) is 3.56. The van der Waals surface area contributed by atoms with E-state index in [1.54, 1.807) is 0 Å². The summed E-state index contributed by atoms with van der Waals surface area (Å²) in [5, 5.41) is 3.79. The zero-order valence-corrected chi connectivity index (χ0v) is 9.89. The van der Waals surface area contributed by atoms with Crippen molar-refractivity contribution in [2.45, 2.75) is 36.7 Å². The van der Waals surface area contributed by atoms with E-state index < -0.39 is 0 Å². The summed E-state index contributed by atoms with van der Waals surface area (Å²) in [4.78, 5) is 1.48. The molecule has 1 aliphatic heterocycles. The molecule has 2 heteroatoms. The monoisotopic (exact) mass is 219 g/mol. The fourth-order valence-electron chi connectivity index (χ4n) is 2.46. The molecule has 3 unspecified atom stereocenters. The Balaban J connectivity index is 1.69. The molecule has 0 aromatic heterocycles. The molecular weight excluding hydrogens is 202 g/mol. The summed E-state index contributed by atoms with van der Waals surface area (Å²) >= 11 is 1.99. The molecule has 1 aromatic carbocycles. The Hall–Kier alpha value is -0.470. The van der Waals surface area contributed by atoms with Gasteiger partial charge in [0, 0.05) is 22.7 Å². The van der Waals surface area contributed by atoms with Gasteiger partial charge in [0.1, 0.15) is 0 Å². The molecule has 1 saturated carbocycles. The third-order valence-corrected chi connectivity index (χ3v) is 4.74. The number of fused-ring (bicyclic) bond motifs is 1. The van der Waals surface area contributed by atoms with Crippen LogP contribution in [0.1, 0.15) is 31.4 Å². The lowest BCUT2D eigenvalue weighted by Crippen LogP contribution is -2.24. The van der Waals surface area contributed by atoms with Crippen molar-refractivity contribution in [2.75, 3.05) is 5.75 Å². The fraction of sp³-hybridized carbons (Fsp3) is 0.538. The number of hydrogen-bond donors (Lipinski definition) is 1. The molecule has 0 amide bonds. The third kappa shape index (κ3) is 1.81. The van der Waals surface area contributed by atoms with Crippen LogP contribution in [0.2, 0.25) is 0 Å². The summed E-state index contributed by atoms with van der Waals surface area (Å²) in [6, 6.07) is 10.2. The maximum absolute atomic E-state index is 3.79. The van der Waals surface area contributed by atoms with Crippen molar-refractivity contribution in [3.05, 3.63) is 29.8 Å². The number of thioether (sulfide) groups is 1. The van der Waals surface area contributed by atoms with E-state index in [-0.39, 0.29) is 0 Å². The van der Waals surface area contributed by atoms with Gasteiger partial charge < -0.3 is 5.32 Å². The topological polar surface area (TPSA) is 12.0 Å². The van der Waals surface area contributed by atoms with Gasteiger partial charge in [-0.05, 0) is 24.0 Å². The van der Waals surface area contributed by atoms with Gasteiger partial charge in [0.2, 0.25) is 0 Å². The lowest BCUT2D eigenvalue weighted by atomic mass is 10.1. The first-order valence-electron chi connectivity index (χ1n) is 5.86. The molecule has 0 saturated heterocycles. The molecule has 3 atom stereocenters. The molecule has 1 heterocycles. The Bertz CT molecular complexity index is 363. The molecule has 1 fully saturated rings. The lowest BCUT2D eigenvalue weighted by Gasteiger charge is -2.12. The lowest BCUT2D eigenvalue weighted by molar-refractivity contribution is 0.546. The normalized spacial score (nSPS) is 32.7. The number of benzene rings is 1. The second-order valence-electron chi connectivity index (χ2n) is 4.58. The van der Waals surface area contributed by atoms with Crippen LogP contribution in [0.5, 0.6) is 0 Å². The van der Waals surface area contributed by atoms with Crippen molar-refractivity contribution in [3.63, 3.8) is 0 Å². The van der Waals surface area contributed by atoms with Crippen LogP contribution in [0.15, 0.2) is 29.2 Å². The maximum Gasteiger partial charge on any atom is 0.0428 e. The first-order valence-corrected chi connectivity index (χ1v) is 6.85. The molecule has 1 N–H and O–H groups in total. The van der Waals surface area contributed by atoms with Crippen LogP contribution in [-0.4, -0.2) is 11.8 Å². The highest BCUT2D eigenvalue weighted by molar-refractivity contribution is 7.99. The number of rotatable bonds is 3. The minimum Gasteiger partial charge on any atom is -0.306 e. The number of hydrogen-bond acceptors (Lipinski definition) is 2. The van der Waals surface area contributed by atoms with E-state index in [0.29, 0.717) is 6.04 Å². The van der Waals surface area contributed by atoms with Crippen molar-refractivity contribution in [1.29, 1.82) is 0 Å². The molecule has 0 radical (unpaired) electrons. The van der Waals surface area contributed by atoms with Gasteiger partial charge >= 0.3 is 0 Å². The average Bonchev–Trinajstić information content (AvgIpc) is 2.91. The maximum atomic E-state index is 3.79. The van der Waals surface area contributed by atoms with E-state index in [9.17, 15) is 0 Å². The van der Waals surface area contributed by atoms with Gasteiger partial charge in [-0.2, -0.15) is 0 Å². The summed E-state index contributed by atoms with van der Waals surface area (Å²) in [6.07, 6.45) is 2.72. The molecule has 0 spiro atoms. The van der Waals surface area contributed by atoms with Gasteiger partial charge in [0.25, 0.3) is 0 Å². The van der Waals surface area contributed by atoms with Crippen molar-refractivity contribution >= 4 is 11.8 Å². The van der Waals surface area contributed by atoms with Crippen LogP contribution >= 0.6 is 11.8 Å². The standard InChI is InChI=1S/C13H17NS/c1-2-9-7-11(9)14-12-8-15-13-6-4-3-5-10(12)13/h3-6,9,11-12,14H,2,7-8H2,1H3. The molecule has 3 rings (SSSR count). The summed E-state index contributed by atoms with van der Waals surface area (Å²) in [6.45, 7) is 2.30. The highest BCUT2D eigenvalue weighted by Crippen LogP contribution is 2.41. The molecule has 1 aromatic rings. The van der Waals surface area contributed by atoms with Gasteiger partial charge in [-0.3, -0.25) is 0 Å². The van der Waals surface area contributed by atoms with E-state index >= 15 is 0 Å². The summed E-state index contributed by atoms with van der Waals surface area (Å²) in [5.41, 5.74) is 1.52. The van der Waals surface area contributed by atoms with E-state index in [4.69, 9.17) is 0 Å². The molecule has 1 nitrogen and oxygen atoms in total. The van der Waals surface area contributed by atoms with E-state index in [0.717, 1.165) is 12.0 Å². The molecule has 1 aliphatic carbocycles. The molecule has 2 aliphatic rings. The summed E-state index contributed by atoms with van der Waals surface area (Å²) in [7, 11) is 0. The molecule has 15 heavy (non-hydrogen) atoms. The van der Waals surface area contributed by atoms with E-state index in [1.807, 2.05) is 11.8 Å². The predicted octanol–water partition coefficient (Wildman–Crippen LogP) is 3.22. The Kier molecular flexibility index (Phi) is 2.49. The van der Waals surface area contributed by atoms with Crippen LogP contribution in [-0.2, 0) is 0 Å². The quantitative estimate of drug-likeness (QED) is 0.837. The van der Waals surface area contributed by atoms with Crippen LogP contribution < -0.4 is 5.32 Å². The SMILES string of the molecule is CCC1CC1NC1CSc2ccccc21. The largest absolute Gasteiger partial charge is 0.306 e. The molecular formula is C13H17NS. The van der Waals surface area contributed by atoms with E-state index in [2.05, 4.69) is 36.5 Å². The van der Waals surface area contributed by atoms with Gasteiger partial charge in [-0.15, -0.1) is 11.8 Å². The highest BCUT2D eigenvalue weighted by atomic mass is 32.2. The van der Waals surface area contributed by atoms with Crippen LogP contribution in [0.3, 0.4) is 0 Å². The van der Waals surface area contributed by atoms with Gasteiger partial charge in [-0.1, -0.05) is 31.5 Å². The Morgan fingerprint density at radius 1 is 1.40 bits per heavy atom. The highest BCUT2D eigenvalue weighted by Gasteiger charge is 2.38. The second kappa shape index (κ2) is 3.84. The first kappa shape index (κ1) is 9.73.